The third kappa shape index (κ3) is 3.92. The third-order valence-corrected chi connectivity index (χ3v) is 3.95. The Kier molecular flexibility index (Phi) is 4.93. The summed E-state index contributed by atoms with van der Waals surface area (Å²) in [4.78, 5) is 12.7. The molecule has 5 heteroatoms. The number of hydrogen-bond acceptors (Lipinski definition) is 3. The van der Waals surface area contributed by atoms with Gasteiger partial charge in [0.25, 0.3) is 0 Å². The summed E-state index contributed by atoms with van der Waals surface area (Å²) >= 11 is 7.55. The average molecular weight is 309 g/mol. The second-order valence-electron chi connectivity index (χ2n) is 4.11. The zero-order valence-corrected chi connectivity index (χ0v) is 12.4. The fourth-order valence-electron chi connectivity index (χ4n) is 1.69. The van der Waals surface area contributed by atoms with Gasteiger partial charge in [-0.3, -0.25) is 4.79 Å². The standard InChI is InChI=1S/C15H13ClO3S/c1-19-14-9-12(6-7-13(14)16)20-11-4-2-10(3-5-11)8-15(17)18/h2-7,9H,8H2,1H3,(H,17,18). The Balaban J connectivity index is 2.11. The number of ether oxygens (including phenoxy) is 1. The van der Waals surface area contributed by atoms with Crippen molar-refractivity contribution in [2.75, 3.05) is 7.11 Å². The molecule has 0 bridgehead atoms. The van der Waals surface area contributed by atoms with E-state index in [1.807, 2.05) is 36.4 Å². The number of rotatable bonds is 5. The van der Waals surface area contributed by atoms with Gasteiger partial charge in [-0.1, -0.05) is 35.5 Å². The van der Waals surface area contributed by atoms with E-state index in [9.17, 15) is 4.79 Å². The molecule has 2 aromatic carbocycles. The van der Waals surface area contributed by atoms with Crippen molar-refractivity contribution in [3.05, 3.63) is 53.1 Å². The van der Waals surface area contributed by atoms with Crippen LogP contribution < -0.4 is 4.74 Å². The van der Waals surface area contributed by atoms with E-state index in [2.05, 4.69) is 0 Å². The highest BCUT2D eigenvalue weighted by Crippen LogP contribution is 2.33. The number of halogens is 1. The first-order valence-corrected chi connectivity index (χ1v) is 7.10. The summed E-state index contributed by atoms with van der Waals surface area (Å²) < 4.78 is 5.18. The molecule has 0 saturated heterocycles. The maximum atomic E-state index is 10.6. The van der Waals surface area contributed by atoms with Crippen LogP contribution in [0, 0.1) is 0 Å². The number of aliphatic carboxylic acids is 1. The normalized spacial score (nSPS) is 10.3. The molecule has 0 unspecified atom stereocenters. The number of benzene rings is 2. The van der Waals surface area contributed by atoms with E-state index in [1.54, 1.807) is 24.9 Å². The predicted molar refractivity (Wildman–Crippen MR) is 79.9 cm³/mol. The molecular weight excluding hydrogens is 296 g/mol. The molecule has 0 amide bonds. The Hall–Kier alpha value is -1.65. The van der Waals surface area contributed by atoms with Gasteiger partial charge in [-0.2, -0.15) is 0 Å². The molecule has 2 rings (SSSR count). The number of carboxylic acid groups (broad SMARTS) is 1. The van der Waals surface area contributed by atoms with Crippen molar-refractivity contribution in [1.82, 2.24) is 0 Å². The van der Waals surface area contributed by atoms with Crippen molar-refractivity contribution in [3.8, 4) is 5.75 Å². The monoisotopic (exact) mass is 308 g/mol. The molecule has 2 aromatic rings. The molecule has 20 heavy (non-hydrogen) atoms. The van der Waals surface area contributed by atoms with Gasteiger partial charge in [0.15, 0.2) is 0 Å². The smallest absolute Gasteiger partial charge is 0.307 e. The van der Waals surface area contributed by atoms with Crippen LogP contribution in [0.25, 0.3) is 0 Å². The minimum atomic E-state index is -0.826. The molecule has 0 spiro atoms. The molecule has 0 aliphatic rings. The first kappa shape index (κ1) is 14.8. The molecule has 3 nitrogen and oxygen atoms in total. The van der Waals surface area contributed by atoms with E-state index >= 15 is 0 Å². The second kappa shape index (κ2) is 6.68. The highest BCUT2D eigenvalue weighted by molar-refractivity contribution is 7.99. The van der Waals surface area contributed by atoms with E-state index in [4.69, 9.17) is 21.4 Å². The second-order valence-corrected chi connectivity index (χ2v) is 5.67. The topological polar surface area (TPSA) is 46.5 Å². The maximum absolute atomic E-state index is 10.6. The SMILES string of the molecule is COc1cc(Sc2ccc(CC(=O)O)cc2)ccc1Cl. The van der Waals surface area contributed by atoms with Crippen molar-refractivity contribution < 1.29 is 14.6 Å². The zero-order valence-electron chi connectivity index (χ0n) is 10.8. The molecule has 0 aliphatic carbocycles. The van der Waals surface area contributed by atoms with E-state index in [1.165, 1.54) is 0 Å². The van der Waals surface area contributed by atoms with Gasteiger partial charge in [-0.15, -0.1) is 0 Å². The number of methoxy groups -OCH3 is 1. The number of hydrogen-bond donors (Lipinski definition) is 1. The van der Waals surface area contributed by atoms with Gasteiger partial charge < -0.3 is 9.84 Å². The molecule has 0 aromatic heterocycles. The van der Waals surface area contributed by atoms with E-state index in [-0.39, 0.29) is 6.42 Å². The van der Waals surface area contributed by atoms with Crippen LogP contribution in [0.2, 0.25) is 5.02 Å². The Labute approximate surface area is 126 Å². The summed E-state index contributed by atoms with van der Waals surface area (Å²) in [6.45, 7) is 0. The van der Waals surface area contributed by atoms with Crippen molar-refractivity contribution in [2.45, 2.75) is 16.2 Å². The largest absolute Gasteiger partial charge is 0.495 e. The lowest BCUT2D eigenvalue weighted by Crippen LogP contribution is -1.99. The molecule has 0 atom stereocenters. The molecular formula is C15H13ClO3S. The summed E-state index contributed by atoms with van der Waals surface area (Å²) in [5, 5.41) is 9.30. The van der Waals surface area contributed by atoms with E-state index < -0.39 is 5.97 Å². The fraction of sp³-hybridized carbons (Fsp3) is 0.133. The lowest BCUT2D eigenvalue weighted by atomic mass is 10.2. The van der Waals surface area contributed by atoms with Crippen LogP contribution in [0.1, 0.15) is 5.56 Å². The van der Waals surface area contributed by atoms with Crippen LogP contribution in [0.15, 0.2) is 52.3 Å². The van der Waals surface area contributed by atoms with Crippen LogP contribution in [-0.2, 0) is 11.2 Å². The summed E-state index contributed by atoms with van der Waals surface area (Å²) in [5.74, 6) is -0.188. The van der Waals surface area contributed by atoms with Crippen molar-refractivity contribution >= 4 is 29.3 Å². The summed E-state index contributed by atoms with van der Waals surface area (Å²) in [7, 11) is 1.58. The Morgan fingerprint density at radius 2 is 1.85 bits per heavy atom. The summed E-state index contributed by atoms with van der Waals surface area (Å²) in [6, 6.07) is 13.0. The van der Waals surface area contributed by atoms with Gasteiger partial charge in [-0.05, 0) is 35.9 Å². The van der Waals surface area contributed by atoms with Gasteiger partial charge in [0, 0.05) is 9.79 Å². The Bertz CT molecular complexity index is 611. The van der Waals surface area contributed by atoms with Crippen molar-refractivity contribution in [3.63, 3.8) is 0 Å². The first-order chi connectivity index (χ1) is 9.58. The van der Waals surface area contributed by atoms with Crippen LogP contribution >= 0.6 is 23.4 Å². The molecule has 0 fully saturated rings. The number of carboxylic acids is 1. The molecule has 104 valence electrons. The van der Waals surface area contributed by atoms with Gasteiger partial charge in [0.2, 0.25) is 0 Å². The quantitative estimate of drug-likeness (QED) is 0.902. The lowest BCUT2D eigenvalue weighted by Gasteiger charge is -2.07. The number of carbonyl (C=O) groups is 1. The van der Waals surface area contributed by atoms with E-state index in [0.717, 1.165) is 15.4 Å². The van der Waals surface area contributed by atoms with Gasteiger partial charge in [0.05, 0.1) is 18.6 Å². The maximum Gasteiger partial charge on any atom is 0.307 e. The fourth-order valence-corrected chi connectivity index (χ4v) is 2.73. The van der Waals surface area contributed by atoms with Gasteiger partial charge in [-0.25, -0.2) is 0 Å². The van der Waals surface area contributed by atoms with Crippen LogP contribution in [0.4, 0.5) is 0 Å². The first-order valence-electron chi connectivity index (χ1n) is 5.90. The summed E-state index contributed by atoms with van der Waals surface area (Å²) in [5.41, 5.74) is 0.788. The van der Waals surface area contributed by atoms with Gasteiger partial charge >= 0.3 is 5.97 Å². The minimum absolute atomic E-state index is 0.0414. The van der Waals surface area contributed by atoms with E-state index in [0.29, 0.717) is 10.8 Å². The summed E-state index contributed by atoms with van der Waals surface area (Å²) in [6.07, 6.45) is 0.0414. The Morgan fingerprint density at radius 1 is 1.20 bits per heavy atom. The molecule has 0 saturated carbocycles. The average Bonchev–Trinajstić information content (AvgIpc) is 2.42. The highest BCUT2D eigenvalue weighted by atomic mass is 35.5. The Morgan fingerprint density at radius 3 is 2.45 bits per heavy atom. The van der Waals surface area contributed by atoms with Crippen LogP contribution in [0.5, 0.6) is 5.75 Å². The predicted octanol–water partition coefficient (Wildman–Crippen LogP) is 4.13. The van der Waals surface area contributed by atoms with Crippen LogP contribution in [0.3, 0.4) is 0 Å². The third-order valence-electron chi connectivity index (χ3n) is 2.64. The zero-order chi connectivity index (χ0) is 14.5. The van der Waals surface area contributed by atoms with Crippen molar-refractivity contribution in [2.24, 2.45) is 0 Å². The molecule has 1 N–H and O–H groups in total. The lowest BCUT2D eigenvalue weighted by molar-refractivity contribution is -0.136. The molecule has 0 aliphatic heterocycles. The van der Waals surface area contributed by atoms with Crippen LogP contribution in [-0.4, -0.2) is 18.2 Å². The van der Waals surface area contributed by atoms with Crippen molar-refractivity contribution in [1.29, 1.82) is 0 Å². The molecule has 0 heterocycles. The minimum Gasteiger partial charge on any atom is -0.495 e. The van der Waals surface area contributed by atoms with Gasteiger partial charge in [0.1, 0.15) is 5.75 Å². The highest BCUT2D eigenvalue weighted by Gasteiger charge is 2.05. The molecule has 0 radical (unpaired) electrons.